The number of benzene rings is 1. The molecule has 0 bridgehead atoms. The van der Waals surface area contributed by atoms with E-state index in [0.29, 0.717) is 0 Å². The minimum Gasteiger partial charge on any atom is -0.276 e. The summed E-state index contributed by atoms with van der Waals surface area (Å²) in [5.74, 6) is 0. The second-order valence-electron chi connectivity index (χ2n) is 2.44. The van der Waals surface area contributed by atoms with Crippen molar-refractivity contribution in [3.05, 3.63) is 40.3 Å². The number of halogens is 1. The summed E-state index contributed by atoms with van der Waals surface area (Å²) in [7, 11) is -4.00. The van der Waals surface area contributed by atoms with Crippen LogP contribution in [0.1, 0.15) is 10.4 Å². The maximum absolute atomic E-state index is 11.2. The summed E-state index contributed by atoms with van der Waals surface area (Å²) >= 11 is 5.16. The molecule has 0 unspecified atom stereocenters. The number of sulfonamides is 1. The van der Waals surface area contributed by atoms with Crippen LogP contribution < -0.4 is 0 Å². The van der Waals surface area contributed by atoms with E-state index in [2.05, 4.69) is 9.43 Å². The van der Waals surface area contributed by atoms with Crippen molar-refractivity contribution < 1.29 is 13.2 Å². The van der Waals surface area contributed by atoms with Gasteiger partial charge in [-0.2, -0.15) is 0 Å². The van der Waals surface area contributed by atoms with Crippen LogP contribution >= 0.6 is 11.6 Å². The molecule has 15 heavy (non-hydrogen) atoms. The van der Waals surface area contributed by atoms with Gasteiger partial charge in [-0.25, -0.2) is 8.42 Å². The zero-order valence-corrected chi connectivity index (χ0v) is 8.73. The average molecular weight is 246 g/mol. The highest BCUT2D eigenvalue weighted by Gasteiger charge is 2.12. The molecule has 1 aromatic rings. The van der Waals surface area contributed by atoms with E-state index < -0.39 is 15.3 Å². The molecule has 0 N–H and O–H groups in total. The van der Waals surface area contributed by atoms with Crippen LogP contribution in [0, 0.1) is 0 Å². The molecule has 0 aromatic heterocycles. The highest BCUT2D eigenvalue weighted by Crippen LogP contribution is 2.14. The van der Waals surface area contributed by atoms with Crippen LogP contribution in [-0.2, 0) is 10.0 Å². The number of rotatable bonds is 3. The van der Waals surface area contributed by atoms with E-state index in [1.807, 2.05) is 0 Å². The molecule has 0 atom stereocenters. The summed E-state index contributed by atoms with van der Waals surface area (Å²) in [4.78, 5) is 12.7. The number of azide groups is 1. The van der Waals surface area contributed by atoms with E-state index in [4.69, 9.17) is 17.1 Å². The second kappa shape index (κ2) is 4.31. The van der Waals surface area contributed by atoms with Crippen LogP contribution in [0.4, 0.5) is 0 Å². The largest absolute Gasteiger partial charge is 0.276 e. The second-order valence-corrected chi connectivity index (χ2v) is 4.37. The Kier molecular flexibility index (Phi) is 3.31. The molecule has 6 nitrogen and oxygen atoms in total. The molecule has 0 heterocycles. The first-order valence-electron chi connectivity index (χ1n) is 3.58. The molecule has 1 rings (SSSR count). The van der Waals surface area contributed by atoms with Gasteiger partial charge < -0.3 is 0 Å². The van der Waals surface area contributed by atoms with Crippen molar-refractivity contribution in [1.82, 2.24) is 0 Å². The van der Waals surface area contributed by atoms with E-state index in [9.17, 15) is 13.2 Å². The lowest BCUT2D eigenvalue weighted by Crippen LogP contribution is -1.96. The van der Waals surface area contributed by atoms with Crippen molar-refractivity contribution in [2.45, 2.75) is 4.90 Å². The lowest BCUT2D eigenvalue weighted by Gasteiger charge is -1.97. The van der Waals surface area contributed by atoms with Crippen LogP contribution in [0.2, 0.25) is 0 Å². The third-order valence-corrected chi connectivity index (χ3v) is 2.90. The Morgan fingerprint density at radius 2 is 1.87 bits per heavy atom. The molecule has 1 aromatic carbocycles. The fourth-order valence-corrected chi connectivity index (χ4v) is 1.65. The summed E-state index contributed by atoms with van der Waals surface area (Å²) in [5, 5.41) is -0.692. The fourth-order valence-electron chi connectivity index (χ4n) is 0.853. The topological polar surface area (TPSA) is 100.0 Å². The molecule has 0 amide bonds. The molecule has 78 valence electrons. The van der Waals surface area contributed by atoms with Gasteiger partial charge in [0.25, 0.3) is 15.3 Å². The summed E-state index contributed by atoms with van der Waals surface area (Å²) in [5.41, 5.74) is 8.17. The maximum atomic E-state index is 11.2. The quantitative estimate of drug-likeness (QED) is 0.352. The Bertz CT molecular complexity index is 531. The molecular formula is C7H4ClN3O3S. The summed E-state index contributed by atoms with van der Waals surface area (Å²) in [6.07, 6.45) is 0. The number of carbonyl (C=O) groups is 1. The van der Waals surface area contributed by atoms with Crippen molar-refractivity contribution in [3.8, 4) is 0 Å². The Morgan fingerprint density at radius 3 is 2.27 bits per heavy atom. The van der Waals surface area contributed by atoms with E-state index >= 15 is 0 Å². The summed E-state index contributed by atoms with van der Waals surface area (Å²) in [6.45, 7) is 0. The molecule has 0 aliphatic rings. The minimum absolute atomic E-state index is 0.163. The average Bonchev–Trinajstić information content (AvgIpc) is 2.18. The zero-order chi connectivity index (χ0) is 11.5. The molecule has 0 fully saturated rings. The Morgan fingerprint density at radius 1 is 1.33 bits per heavy atom. The Labute approximate surface area is 90.2 Å². The van der Waals surface area contributed by atoms with Gasteiger partial charge in [0.05, 0.1) is 4.90 Å². The van der Waals surface area contributed by atoms with E-state index in [0.717, 1.165) is 12.1 Å². The van der Waals surface area contributed by atoms with Crippen LogP contribution in [-0.4, -0.2) is 13.7 Å². The van der Waals surface area contributed by atoms with Crippen molar-refractivity contribution in [2.24, 2.45) is 4.52 Å². The molecular weight excluding hydrogens is 242 g/mol. The van der Waals surface area contributed by atoms with Gasteiger partial charge >= 0.3 is 0 Å². The standard InChI is InChI=1S/C7H4ClN3O3S/c8-7(12)5-1-3-6(4-2-5)15(13,14)11-10-9/h1-4H. The Hall–Kier alpha value is -1.56. The molecule has 0 radical (unpaired) electrons. The van der Waals surface area contributed by atoms with Gasteiger partial charge in [-0.15, -0.1) is 0 Å². The SMILES string of the molecule is [N-]=[N+]=NS(=O)(=O)c1ccc(C(=O)Cl)cc1. The van der Waals surface area contributed by atoms with E-state index in [-0.39, 0.29) is 10.5 Å². The highest BCUT2D eigenvalue weighted by molar-refractivity contribution is 7.90. The number of hydrogen-bond donors (Lipinski definition) is 0. The van der Waals surface area contributed by atoms with Crippen LogP contribution in [0.15, 0.2) is 33.7 Å². The van der Waals surface area contributed by atoms with Gasteiger partial charge in [0, 0.05) is 15.0 Å². The van der Waals surface area contributed by atoms with Crippen LogP contribution in [0.25, 0.3) is 10.4 Å². The molecule has 0 spiro atoms. The molecule has 0 aliphatic carbocycles. The van der Waals surface area contributed by atoms with Gasteiger partial charge in [0.2, 0.25) is 0 Å². The van der Waals surface area contributed by atoms with Crippen molar-refractivity contribution >= 4 is 26.9 Å². The normalized spacial score (nSPS) is 10.5. The zero-order valence-electron chi connectivity index (χ0n) is 7.16. The van der Waals surface area contributed by atoms with E-state index in [1.165, 1.54) is 12.1 Å². The first-order chi connectivity index (χ1) is 6.97. The highest BCUT2D eigenvalue weighted by atomic mass is 35.5. The molecule has 0 saturated heterocycles. The van der Waals surface area contributed by atoms with Gasteiger partial charge in [-0.05, 0) is 41.4 Å². The minimum atomic E-state index is -4.00. The third-order valence-electron chi connectivity index (χ3n) is 1.52. The van der Waals surface area contributed by atoms with Gasteiger partial charge in [-0.3, -0.25) is 4.79 Å². The first kappa shape index (κ1) is 11.5. The van der Waals surface area contributed by atoms with Gasteiger partial charge in [0.15, 0.2) is 0 Å². The molecule has 0 aliphatic heterocycles. The third kappa shape index (κ3) is 2.69. The monoisotopic (exact) mass is 245 g/mol. The van der Waals surface area contributed by atoms with Gasteiger partial charge in [0.1, 0.15) is 0 Å². The smallest absolute Gasteiger partial charge is 0.264 e. The summed E-state index contributed by atoms with van der Waals surface area (Å²) < 4.78 is 25.0. The van der Waals surface area contributed by atoms with Gasteiger partial charge in [-0.1, -0.05) is 0 Å². The Balaban J connectivity index is 3.21. The van der Waals surface area contributed by atoms with Crippen molar-refractivity contribution in [1.29, 1.82) is 0 Å². The predicted octanol–water partition coefficient (Wildman–Crippen LogP) is 2.06. The molecule has 0 saturated carbocycles. The van der Waals surface area contributed by atoms with Crippen molar-refractivity contribution in [2.75, 3.05) is 0 Å². The first-order valence-corrected chi connectivity index (χ1v) is 5.40. The lowest BCUT2D eigenvalue weighted by atomic mass is 10.2. The fraction of sp³-hybridized carbons (Fsp3) is 0. The van der Waals surface area contributed by atoms with Crippen molar-refractivity contribution in [3.63, 3.8) is 0 Å². The van der Waals surface area contributed by atoms with Crippen LogP contribution in [0.5, 0.6) is 0 Å². The number of hydrogen-bond acceptors (Lipinski definition) is 3. The summed E-state index contributed by atoms with van der Waals surface area (Å²) in [6, 6.07) is 4.74. The number of nitrogens with zero attached hydrogens (tertiary/aromatic N) is 3. The van der Waals surface area contributed by atoms with E-state index in [1.54, 1.807) is 0 Å². The number of carbonyl (C=O) groups excluding carboxylic acids is 1. The maximum Gasteiger partial charge on any atom is 0.264 e. The lowest BCUT2D eigenvalue weighted by molar-refractivity contribution is 0.108. The predicted molar refractivity (Wildman–Crippen MR) is 53.0 cm³/mol. The molecule has 8 heteroatoms. The van der Waals surface area contributed by atoms with Crippen LogP contribution in [0.3, 0.4) is 0 Å².